The Bertz CT molecular complexity index is 669. The van der Waals surface area contributed by atoms with Crippen molar-refractivity contribution in [2.75, 3.05) is 13.1 Å². The number of carbonyl (C=O) groups excluding carboxylic acids is 2. The first-order chi connectivity index (χ1) is 10.9. The van der Waals surface area contributed by atoms with Crippen LogP contribution in [-0.4, -0.2) is 46.0 Å². The van der Waals surface area contributed by atoms with Crippen molar-refractivity contribution in [3.8, 4) is 0 Å². The summed E-state index contributed by atoms with van der Waals surface area (Å²) in [6.07, 6.45) is 0.151. The Morgan fingerprint density at radius 3 is 2.52 bits per heavy atom. The number of rotatable bonds is 5. The topological polar surface area (TPSA) is 107 Å². The number of hydrogen-bond donors (Lipinski definition) is 3. The zero-order valence-electron chi connectivity index (χ0n) is 12.1. The fourth-order valence-corrected chi connectivity index (χ4v) is 2.45. The monoisotopic (exact) mass is 382 g/mol. The molecule has 23 heavy (non-hydrogen) atoms. The van der Waals surface area contributed by atoms with Gasteiger partial charge in [-0.15, -0.1) is 0 Å². The van der Waals surface area contributed by atoms with Crippen LogP contribution in [-0.2, 0) is 20.9 Å². The van der Waals surface area contributed by atoms with E-state index < -0.39 is 29.9 Å². The van der Waals surface area contributed by atoms with Gasteiger partial charge in [0.2, 0.25) is 0 Å². The van der Waals surface area contributed by atoms with Crippen molar-refractivity contribution in [2.24, 2.45) is 0 Å². The van der Waals surface area contributed by atoms with Crippen LogP contribution in [0.4, 0.5) is 0 Å². The lowest BCUT2D eigenvalue weighted by atomic mass is 10.0. The minimum atomic E-state index is -1.23. The van der Waals surface area contributed by atoms with Gasteiger partial charge in [-0.2, -0.15) is 0 Å². The standard InChI is InChI=1S/C15H15BrN2O5/c16-10-3-1-9(2-4-10)8-18-6-5-11(19)13(15(18)23)14(22)17-7-12(20)21/h1-4,19H,5-8H2,(H,17,22)(H,20,21). The summed E-state index contributed by atoms with van der Waals surface area (Å²) >= 11 is 3.33. The second-order valence-electron chi connectivity index (χ2n) is 5.00. The molecule has 0 saturated heterocycles. The number of amides is 2. The lowest BCUT2D eigenvalue weighted by Crippen LogP contribution is -2.43. The number of aliphatic hydroxyl groups is 1. The summed E-state index contributed by atoms with van der Waals surface area (Å²) in [5, 5.41) is 20.5. The van der Waals surface area contributed by atoms with E-state index in [9.17, 15) is 19.5 Å². The van der Waals surface area contributed by atoms with E-state index in [-0.39, 0.29) is 18.7 Å². The van der Waals surface area contributed by atoms with Crippen LogP contribution >= 0.6 is 15.9 Å². The Kier molecular flexibility index (Phi) is 5.38. The number of halogens is 1. The molecule has 8 heteroatoms. The summed E-state index contributed by atoms with van der Waals surface area (Å²) in [5.74, 6) is -3.03. The quantitative estimate of drug-likeness (QED) is 0.663. The third-order valence-corrected chi connectivity index (χ3v) is 3.85. The van der Waals surface area contributed by atoms with Gasteiger partial charge in [-0.05, 0) is 17.7 Å². The van der Waals surface area contributed by atoms with Crippen molar-refractivity contribution in [3.63, 3.8) is 0 Å². The maximum atomic E-state index is 12.4. The molecule has 1 aliphatic heterocycles. The highest BCUT2D eigenvalue weighted by molar-refractivity contribution is 9.10. The van der Waals surface area contributed by atoms with Gasteiger partial charge in [0, 0.05) is 24.0 Å². The van der Waals surface area contributed by atoms with Crippen molar-refractivity contribution in [3.05, 3.63) is 45.6 Å². The molecule has 0 aromatic heterocycles. The van der Waals surface area contributed by atoms with Gasteiger partial charge in [0.25, 0.3) is 11.8 Å². The summed E-state index contributed by atoms with van der Waals surface area (Å²) in [6.45, 7) is -0.0266. The first-order valence-electron chi connectivity index (χ1n) is 6.84. The molecule has 3 N–H and O–H groups in total. The summed E-state index contributed by atoms with van der Waals surface area (Å²) in [6, 6.07) is 7.38. The predicted octanol–water partition coefficient (Wildman–Crippen LogP) is 1.19. The maximum absolute atomic E-state index is 12.4. The van der Waals surface area contributed by atoms with E-state index in [0.29, 0.717) is 6.54 Å². The number of carboxylic acid groups (broad SMARTS) is 1. The van der Waals surface area contributed by atoms with Crippen LogP contribution in [0.15, 0.2) is 40.1 Å². The van der Waals surface area contributed by atoms with Gasteiger partial charge in [-0.25, -0.2) is 0 Å². The Morgan fingerprint density at radius 1 is 1.26 bits per heavy atom. The van der Waals surface area contributed by atoms with Crippen molar-refractivity contribution < 1.29 is 24.6 Å². The SMILES string of the molecule is O=C(O)CNC(=O)C1=C(O)CCN(Cc2ccc(Br)cc2)C1=O. The molecule has 2 amide bonds. The van der Waals surface area contributed by atoms with E-state index in [2.05, 4.69) is 21.2 Å². The molecular weight excluding hydrogens is 368 g/mol. The fourth-order valence-electron chi connectivity index (χ4n) is 2.18. The average Bonchev–Trinajstić information content (AvgIpc) is 2.50. The molecule has 0 radical (unpaired) electrons. The molecule has 2 rings (SSSR count). The van der Waals surface area contributed by atoms with Gasteiger partial charge in [0.1, 0.15) is 17.9 Å². The van der Waals surface area contributed by atoms with E-state index in [1.807, 2.05) is 24.3 Å². The highest BCUT2D eigenvalue weighted by atomic mass is 79.9. The first kappa shape index (κ1) is 17.0. The lowest BCUT2D eigenvalue weighted by Gasteiger charge is -2.28. The predicted molar refractivity (Wildman–Crippen MR) is 84.5 cm³/mol. The van der Waals surface area contributed by atoms with Crippen LogP contribution in [0.5, 0.6) is 0 Å². The van der Waals surface area contributed by atoms with Crippen molar-refractivity contribution >= 4 is 33.7 Å². The van der Waals surface area contributed by atoms with Crippen LogP contribution in [0.25, 0.3) is 0 Å². The third-order valence-electron chi connectivity index (χ3n) is 3.32. The summed E-state index contributed by atoms with van der Waals surface area (Å²) < 4.78 is 0.914. The smallest absolute Gasteiger partial charge is 0.322 e. The number of hydrogen-bond acceptors (Lipinski definition) is 4. The van der Waals surface area contributed by atoms with Gasteiger partial charge < -0.3 is 20.4 Å². The normalized spacial score (nSPS) is 14.8. The molecular formula is C15H15BrN2O5. The van der Waals surface area contributed by atoms with Gasteiger partial charge >= 0.3 is 5.97 Å². The minimum Gasteiger partial charge on any atom is -0.511 e. The molecule has 7 nitrogen and oxygen atoms in total. The van der Waals surface area contributed by atoms with Gasteiger partial charge in [-0.3, -0.25) is 14.4 Å². The Labute approximate surface area is 140 Å². The van der Waals surface area contributed by atoms with Gasteiger partial charge in [-0.1, -0.05) is 28.1 Å². The van der Waals surface area contributed by atoms with Crippen LogP contribution < -0.4 is 5.32 Å². The highest BCUT2D eigenvalue weighted by Gasteiger charge is 2.32. The van der Waals surface area contributed by atoms with Crippen molar-refractivity contribution in [1.29, 1.82) is 0 Å². The van der Waals surface area contributed by atoms with Gasteiger partial charge in [0.05, 0.1) is 0 Å². The number of aliphatic carboxylic acids is 1. The summed E-state index contributed by atoms with van der Waals surface area (Å²) in [5.41, 5.74) is 0.489. The zero-order chi connectivity index (χ0) is 17.0. The van der Waals surface area contributed by atoms with E-state index in [0.717, 1.165) is 10.0 Å². The van der Waals surface area contributed by atoms with E-state index in [1.54, 1.807) is 0 Å². The van der Waals surface area contributed by atoms with Crippen LogP contribution in [0, 0.1) is 0 Å². The molecule has 1 aromatic rings. The Morgan fingerprint density at radius 2 is 1.91 bits per heavy atom. The number of nitrogens with one attached hydrogen (secondary N) is 1. The minimum absolute atomic E-state index is 0.151. The molecule has 1 aromatic carbocycles. The fraction of sp³-hybridized carbons (Fsp3) is 0.267. The summed E-state index contributed by atoms with van der Waals surface area (Å²) in [4.78, 5) is 36.2. The Hall–Kier alpha value is -2.35. The number of carbonyl (C=O) groups is 3. The van der Waals surface area contributed by atoms with E-state index in [1.165, 1.54) is 4.90 Å². The highest BCUT2D eigenvalue weighted by Crippen LogP contribution is 2.20. The van der Waals surface area contributed by atoms with Crippen molar-refractivity contribution in [1.82, 2.24) is 10.2 Å². The maximum Gasteiger partial charge on any atom is 0.322 e. The molecule has 0 bridgehead atoms. The Balaban J connectivity index is 2.11. The number of nitrogens with zero attached hydrogens (tertiary/aromatic N) is 1. The lowest BCUT2D eigenvalue weighted by molar-refractivity contribution is -0.138. The molecule has 0 aliphatic carbocycles. The van der Waals surface area contributed by atoms with Crippen molar-refractivity contribution in [2.45, 2.75) is 13.0 Å². The zero-order valence-corrected chi connectivity index (χ0v) is 13.7. The van der Waals surface area contributed by atoms with Crippen LogP contribution in [0.1, 0.15) is 12.0 Å². The number of benzene rings is 1. The number of aliphatic hydroxyl groups excluding tert-OH is 1. The number of carboxylic acids is 1. The molecule has 1 heterocycles. The van der Waals surface area contributed by atoms with Crippen LogP contribution in [0.2, 0.25) is 0 Å². The third kappa shape index (κ3) is 4.32. The molecule has 0 fully saturated rings. The van der Waals surface area contributed by atoms with E-state index in [4.69, 9.17) is 5.11 Å². The molecule has 0 spiro atoms. The molecule has 0 saturated carbocycles. The van der Waals surface area contributed by atoms with E-state index >= 15 is 0 Å². The molecule has 0 atom stereocenters. The molecule has 1 aliphatic rings. The van der Waals surface area contributed by atoms with Gasteiger partial charge in [0.15, 0.2) is 0 Å². The summed E-state index contributed by atoms with van der Waals surface area (Å²) in [7, 11) is 0. The van der Waals surface area contributed by atoms with Crippen LogP contribution in [0.3, 0.4) is 0 Å². The molecule has 0 unspecified atom stereocenters. The molecule has 122 valence electrons. The average molecular weight is 383 g/mol. The largest absolute Gasteiger partial charge is 0.511 e. The second-order valence-corrected chi connectivity index (χ2v) is 5.92. The second kappa shape index (κ2) is 7.28. The first-order valence-corrected chi connectivity index (χ1v) is 7.63.